The molecule has 0 radical (unpaired) electrons. The van der Waals surface area contributed by atoms with E-state index >= 15 is 0 Å². The van der Waals surface area contributed by atoms with E-state index in [0.29, 0.717) is 22.7 Å². The average molecular weight is 446 g/mol. The molecule has 4 aliphatic carbocycles. The van der Waals surface area contributed by atoms with Crippen molar-refractivity contribution in [3.8, 4) is 11.5 Å². The lowest BCUT2D eigenvalue weighted by atomic mass is 9.54. The van der Waals surface area contributed by atoms with E-state index < -0.39 is 0 Å². The molecule has 4 aliphatic rings. The van der Waals surface area contributed by atoms with Gasteiger partial charge in [-0.15, -0.1) is 0 Å². The second-order valence-electron chi connectivity index (χ2n) is 9.35. The smallest absolute Gasteiger partial charge is 0.161 e. The van der Waals surface area contributed by atoms with Crippen LogP contribution >= 0.6 is 23.2 Å². The van der Waals surface area contributed by atoms with Crippen molar-refractivity contribution in [1.82, 2.24) is 5.32 Å². The third-order valence-corrected chi connectivity index (χ3v) is 7.98. The number of halogens is 2. The van der Waals surface area contributed by atoms with Crippen LogP contribution in [0.4, 0.5) is 0 Å². The summed E-state index contributed by atoms with van der Waals surface area (Å²) in [4.78, 5) is 0. The number of hydrogen-bond acceptors (Lipinski definition) is 3. The maximum Gasteiger partial charge on any atom is 0.161 e. The van der Waals surface area contributed by atoms with E-state index in [1.807, 2.05) is 18.2 Å². The molecular formula is C25H29Cl2NO2. The highest BCUT2D eigenvalue weighted by molar-refractivity contribution is 6.35. The fraction of sp³-hybridized carbons (Fsp3) is 0.520. The van der Waals surface area contributed by atoms with Gasteiger partial charge >= 0.3 is 0 Å². The van der Waals surface area contributed by atoms with Gasteiger partial charge in [0.1, 0.15) is 6.61 Å². The van der Waals surface area contributed by atoms with E-state index in [-0.39, 0.29) is 0 Å². The lowest BCUT2D eigenvalue weighted by Gasteiger charge is -2.54. The van der Waals surface area contributed by atoms with Crippen molar-refractivity contribution in [2.75, 3.05) is 7.11 Å². The summed E-state index contributed by atoms with van der Waals surface area (Å²) in [6.45, 7) is 1.25. The molecular weight excluding hydrogens is 417 g/mol. The Labute approximate surface area is 189 Å². The Bertz CT molecular complexity index is 888. The predicted molar refractivity (Wildman–Crippen MR) is 121 cm³/mol. The van der Waals surface area contributed by atoms with Crippen LogP contribution in [0.15, 0.2) is 36.4 Å². The highest BCUT2D eigenvalue weighted by atomic mass is 35.5. The molecule has 0 unspecified atom stereocenters. The summed E-state index contributed by atoms with van der Waals surface area (Å²) in [6, 6.07) is 12.3. The average Bonchev–Trinajstić information content (AvgIpc) is 2.72. The third-order valence-electron chi connectivity index (χ3n) is 7.39. The standard InChI is InChI=1S/C25H29Cl2NO2/c1-29-24-11-15(2-5-23(24)30-14-18-3-4-21(26)12-22(18)27)13-28-25-19-7-16-6-17(9-19)10-20(25)8-16/h2-5,11-12,16-17,19-20,25,28H,6-10,13-14H2,1H3. The van der Waals surface area contributed by atoms with Gasteiger partial charge < -0.3 is 14.8 Å². The van der Waals surface area contributed by atoms with Crippen LogP contribution < -0.4 is 14.8 Å². The van der Waals surface area contributed by atoms with Gasteiger partial charge in [0.05, 0.1) is 7.11 Å². The minimum Gasteiger partial charge on any atom is -0.493 e. The summed E-state index contributed by atoms with van der Waals surface area (Å²) in [5.74, 6) is 5.27. The maximum atomic E-state index is 6.26. The van der Waals surface area contributed by atoms with Crippen LogP contribution in [0.3, 0.4) is 0 Å². The van der Waals surface area contributed by atoms with E-state index in [4.69, 9.17) is 32.7 Å². The fourth-order valence-electron chi connectivity index (χ4n) is 6.23. The zero-order valence-corrected chi connectivity index (χ0v) is 18.9. The molecule has 3 nitrogen and oxygen atoms in total. The lowest BCUT2D eigenvalue weighted by molar-refractivity contribution is -0.0142. The first-order chi connectivity index (χ1) is 14.6. The van der Waals surface area contributed by atoms with Crippen molar-refractivity contribution in [3.05, 3.63) is 57.6 Å². The quantitative estimate of drug-likeness (QED) is 0.527. The number of rotatable bonds is 7. The summed E-state index contributed by atoms with van der Waals surface area (Å²) in [5, 5.41) is 5.13. The molecule has 2 aromatic rings. The highest BCUT2D eigenvalue weighted by Gasteiger charge is 2.47. The normalized spacial score (nSPS) is 29.2. The zero-order chi connectivity index (χ0) is 20.7. The van der Waals surface area contributed by atoms with E-state index in [2.05, 4.69) is 17.4 Å². The molecule has 1 N–H and O–H groups in total. The topological polar surface area (TPSA) is 30.5 Å². The molecule has 0 saturated heterocycles. The number of methoxy groups -OCH3 is 1. The second-order valence-corrected chi connectivity index (χ2v) is 10.2. The molecule has 0 atom stereocenters. The van der Waals surface area contributed by atoms with E-state index in [9.17, 15) is 0 Å². The summed E-state index contributed by atoms with van der Waals surface area (Å²) in [5.41, 5.74) is 2.13. The Kier molecular flexibility index (Phi) is 5.88. The Hall–Kier alpha value is -1.42. The van der Waals surface area contributed by atoms with Crippen LogP contribution in [0.25, 0.3) is 0 Å². The first-order valence-corrected chi connectivity index (χ1v) is 11.8. The van der Waals surface area contributed by atoms with Crippen molar-refractivity contribution in [3.63, 3.8) is 0 Å². The van der Waals surface area contributed by atoms with Gasteiger partial charge in [-0.1, -0.05) is 35.3 Å². The molecule has 4 fully saturated rings. The minimum atomic E-state index is 0.373. The minimum absolute atomic E-state index is 0.373. The van der Waals surface area contributed by atoms with Crippen molar-refractivity contribution >= 4 is 23.2 Å². The molecule has 30 heavy (non-hydrogen) atoms. The van der Waals surface area contributed by atoms with Gasteiger partial charge in [0.25, 0.3) is 0 Å². The monoisotopic (exact) mass is 445 g/mol. The first kappa shape index (κ1) is 20.5. The summed E-state index contributed by atoms with van der Waals surface area (Å²) in [7, 11) is 1.69. The largest absolute Gasteiger partial charge is 0.493 e. The molecule has 0 aromatic heterocycles. The Morgan fingerprint density at radius 1 is 0.900 bits per heavy atom. The molecule has 4 saturated carbocycles. The number of hydrogen-bond donors (Lipinski definition) is 1. The van der Waals surface area contributed by atoms with Gasteiger partial charge in [-0.05, 0) is 85.6 Å². The molecule has 0 spiro atoms. The predicted octanol–water partition coefficient (Wildman–Crippen LogP) is 6.50. The molecule has 0 aliphatic heterocycles. The SMILES string of the molecule is COc1cc(CNC2C3CC4CC(C3)CC2C4)ccc1OCc1ccc(Cl)cc1Cl. The number of benzene rings is 2. The first-order valence-electron chi connectivity index (χ1n) is 11.1. The van der Waals surface area contributed by atoms with Crippen LogP contribution in [0.2, 0.25) is 10.0 Å². The molecule has 6 rings (SSSR count). The Morgan fingerprint density at radius 2 is 1.63 bits per heavy atom. The van der Waals surface area contributed by atoms with Gasteiger partial charge in [0, 0.05) is 28.2 Å². The summed E-state index contributed by atoms with van der Waals surface area (Å²) < 4.78 is 11.6. The van der Waals surface area contributed by atoms with E-state index in [0.717, 1.165) is 47.3 Å². The summed E-state index contributed by atoms with van der Waals surface area (Å²) >= 11 is 12.2. The molecule has 2 aromatic carbocycles. The fourth-order valence-corrected chi connectivity index (χ4v) is 6.69. The van der Waals surface area contributed by atoms with Gasteiger partial charge in [-0.2, -0.15) is 0 Å². The summed E-state index contributed by atoms with van der Waals surface area (Å²) in [6.07, 6.45) is 7.25. The van der Waals surface area contributed by atoms with Gasteiger partial charge in [0.15, 0.2) is 11.5 Å². The van der Waals surface area contributed by atoms with Gasteiger partial charge in [-0.3, -0.25) is 0 Å². The maximum absolute atomic E-state index is 6.26. The van der Waals surface area contributed by atoms with Crippen LogP contribution in [0.5, 0.6) is 11.5 Å². The van der Waals surface area contributed by atoms with Crippen molar-refractivity contribution < 1.29 is 9.47 Å². The molecule has 0 amide bonds. The zero-order valence-electron chi connectivity index (χ0n) is 17.4. The molecule has 5 heteroatoms. The second kappa shape index (κ2) is 8.61. The van der Waals surface area contributed by atoms with Gasteiger partial charge in [0.2, 0.25) is 0 Å². The molecule has 4 bridgehead atoms. The Morgan fingerprint density at radius 3 is 2.30 bits per heavy atom. The highest BCUT2D eigenvalue weighted by Crippen LogP contribution is 2.53. The van der Waals surface area contributed by atoms with Crippen LogP contribution in [-0.4, -0.2) is 13.2 Å². The van der Waals surface area contributed by atoms with Crippen LogP contribution in [-0.2, 0) is 13.2 Å². The molecule has 0 heterocycles. The third kappa shape index (κ3) is 4.17. The number of nitrogens with one attached hydrogen (secondary N) is 1. The van der Waals surface area contributed by atoms with Crippen LogP contribution in [0, 0.1) is 23.7 Å². The van der Waals surface area contributed by atoms with Gasteiger partial charge in [-0.25, -0.2) is 0 Å². The molecule has 160 valence electrons. The number of ether oxygens (including phenoxy) is 2. The Balaban J connectivity index is 1.22. The van der Waals surface area contributed by atoms with E-state index in [1.165, 1.54) is 37.7 Å². The van der Waals surface area contributed by atoms with Crippen molar-refractivity contribution in [2.45, 2.75) is 51.3 Å². The van der Waals surface area contributed by atoms with Crippen molar-refractivity contribution in [2.24, 2.45) is 23.7 Å². The van der Waals surface area contributed by atoms with Crippen LogP contribution in [0.1, 0.15) is 43.2 Å². The van der Waals surface area contributed by atoms with E-state index in [1.54, 1.807) is 13.2 Å². The van der Waals surface area contributed by atoms with Crippen molar-refractivity contribution in [1.29, 1.82) is 0 Å². The lowest BCUT2D eigenvalue weighted by Crippen LogP contribution is -2.54.